The predicted molar refractivity (Wildman–Crippen MR) is 50.3 cm³/mol. The van der Waals surface area contributed by atoms with Crippen LogP contribution in [0.4, 0.5) is 0 Å². The fourth-order valence-electron chi connectivity index (χ4n) is 0.955. The van der Waals surface area contributed by atoms with Crippen LogP contribution in [0.2, 0.25) is 0 Å². The van der Waals surface area contributed by atoms with Crippen LogP contribution >= 0.6 is 0 Å². The molecular weight excluding hydrogens is 204 g/mol. The number of carboxylic acids is 1. The fourth-order valence-corrected chi connectivity index (χ4v) is 0.955. The molecule has 6 nitrogen and oxygen atoms in total. The van der Waals surface area contributed by atoms with Gasteiger partial charge in [0.2, 0.25) is 0 Å². The van der Waals surface area contributed by atoms with Crippen LogP contribution < -0.4 is 0 Å². The zero-order chi connectivity index (χ0) is 11.7. The molecule has 0 saturated heterocycles. The van der Waals surface area contributed by atoms with Crippen molar-refractivity contribution in [3.05, 3.63) is 0 Å². The number of esters is 1. The molecule has 0 aromatic rings. The average molecular weight is 220 g/mol. The van der Waals surface area contributed by atoms with Gasteiger partial charge in [0.05, 0.1) is 25.6 Å². The van der Waals surface area contributed by atoms with E-state index in [2.05, 4.69) is 9.47 Å². The van der Waals surface area contributed by atoms with Crippen molar-refractivity contribution in [3.63, 3.8) is 0 Å². The van der Waals surface area contributed by atoms with Crippen LogP contribution in [0.15, 0.2) is 0 Å². The number of hydrogen-bond donors (Lipinski definition) is 1. The summed E-state index contributed by atoms with van der Waals surface area (Å²) in [6.45, 7) is 1.90. The molecule has 0 fully saturated rings. The van der Waals surface area contributed by atoms with E-state index in [0.29, 0.717) is 0 Å². The van der Waals surface area contributed by atoms with Gasteiger partial charge in [-0.3, -0.25) is 9.59 Å². The standard InChI is InChI=1S/C9H16O6/c1-3-14-9(12)5-7(4-8(10)11)15-6-13-2/h7H,3-6H2,1-2H3,(H,10,11)/t7-/m0/s1. The van der Waals surface area contributed by atoms with E-state index in [4.69, 9.17) is 9.84 Å². The van der Waals surface area contributed by atoms with Gasteiger partial charge >= 0.3 is 11.9 Å². The maximum atomic E-state index is 11.1. The summed E-state index contributed by atoms with van der Waals surface area (Å²) in [6.07, 6.45) is -1.03. The van der Waals surface area contributed by atoms with Crippen molar-refractivity contribution in [2.24, 2.45) is 0 Å². The Balaban J connectivity index is 3.98. The van der Waals surface area contributed by atoms with Crippen LogP contribution in [0.5, 0.6) is 0 Å². The minimum absolute atomic E-state index is 0.0443. The first kappa shape index (κ1) is 13.9. The van der Waals surface area contributed by atoms with Crippen LogP contribution in [0.25, 0.3) is 0 Å². The van der Waals surface area contributed by atoms with Crippen molar-refractivity contribution in [1.29, 1.82) is 0 Å². The lowest BCUT2D eigenvalue weighted by molar-refractivity contribution is -0.152. The normalized spacial score (nSPS) is 12.1. The maximum absolute atomic E-state index is 11.1. The Kier molecular flexibility index (Phi) is 7.57. The Morgan fingerprint density at radius 2 is 2.00 bits per heavy atom. The lowest BCUT2D eigenvalue weighted by Crippen LogP contribution is -2.23. The summed E-state index contributed by atoms with van der Waals surface area (Å²) in [5.74, 6) is -1.50. The largest absolute Gasteiger partial charge is 0.481 e. The molecule has 0 radical (unpaired) electrons. The summed E-state index contributed by atoms with van der Waals surface area (Å²) in [5.41, 5.74) is 0. The third kappa shape index (κ3) is 7.90. The number of hydrogen-bond acceptors (Lipinski definition) is 5. The second kappa shape index (κ2) is 8.19. The van der Waals surface area contributed by atoms with E-state index in [1.807, 2.05) is 0 Å². The number of ether oxygens (including phenoxy) is 3. The van der Waals surface area contributed by atoms with Gasteiger partial charge in [0, 0.05) is 7.11 Å². The van der Waals surface area contributed by atoms with Gasteiger partial charge in [-0.15, -0.1) is 0 Å². The zero-order valence-corrected chi connectivity index (χ0v) is 8.89. The molecule has 88 valence electrons. The topological polar surface area (TPSA) is 82.1 Å². The molecule has 6 heteroatoms. The van der Waals surface area contributed by atoms with E-state index < -0.39 is 18.0 Å². The Bertz CT molecular complexity index is 203. The summed E-state index contributed by atoms with van der Waals surface area (Å²) in [7, 11) is 1.42. The summed E-state index contributed by atoms with van der Waals surface area (Å²) in [5, 5.41) is 8.55. The monoisotopic (exact) mass is 220 g/mol. The fraction of sp³-hybridized carbons (Fsp3) is 0.778. The summed E-state index contributed by atoms with van der Waals surface area (Å²) in [6, 6.07) is 0. The first-order valence-electron chi connectivity index (χ1n) is 4.58. The molecule has 1 atom stereocenters. The maximum Gasteiger partial charge on any atom is 0.308 e. The SMILES string of the molecule is CCOC(=O)C[C@H](CC(=O)O)OCOC. The molecule has 0 aliphatic rings. The van der Waals surface area contributed by atoms with Crippen molar-refractivity contribution < 1.29 is 28.9 Å². The lowest BCUT2D eigenvalue weighted by atomic mass is 10.2. The van der Waals surface area contributed by atoms with Gasteiger partial charge in [-0.25, -0.2) is 0 Å². The van der Waals surface area contributed by atoms with Crippen molar-refractivity contribution in [1.82, 2.24) is 0 Å². The Labute approximate surface area is 88.1 Å². The molecule has 0 aromatic carbocycles. The molecule has 0 spiro atoms. The molecule has 0 bridgehead atoms. The van der Waals surface area contributed by atoms with E-state index >= 15 is 0 Å². The number of carbonyl (C=O) groups is 2. The number of methoxy groups -OCH3 is 1. The van der Waals surface area contributed by atoms with E-state index in [1.54, 1.807) is 6.92 Å². The lowest BCUT2D eigenvalue weighted by Gasteiger charge is -2.14. The molecule has 1 N–H and O–H groups in total. The van der Waals surface area contributed by atoms with Gasteiger partial charge in [-0.05, 0) is 6.92 Å². The van der Waals surface area contributed by atoms with Crippen molar-refractivity contribution >= 4 is 11.9 Å². The van der Waals surface area contributed by atoms with Gasteiger partial charge in [0.15, 0.2) is 0 Å². The highest BCUT2D eigenvalue weighted by atomic mass is 16.7. The molecule has 0 unspecified atom stereocenters. The molecular formula is C9H16O6. The van der Waals surface area contributed by atoms with Gasteiger partial charge in [-0.2, -0.15) is 0 Å². The zero-order valence-electron chi connectivity index (χ0n) is 8.89. The van der Waals surface area contributed by atoms with Crippen LogP contribution in [-0.4, -0.2) is 43.7 Å². The van der Waals surface area contributed by atoms with Gasteiger partial charge in [0.1, 0.15) is 6.79 Å². The molecule has 15 heavy (non-hydrogen) atoms. The second-order valence-corrected chi connectivity index (χ2v) is 2.80. The molecule has 0 amide bonds. The minimum atomic E-state index is -1.03. The van der Waals surface area contributed by atoms with Crippen LogP contribution in [0.3, 0.4) is 0 Å². The molecule has 0 aliphatic carbocycles. The van der Waals surface area contributed by atoms with Gasteiger partial charge in [0.25, 0.3) is 0 Å². The second-order valence-electron chi connectivity index (χ2n) is 2.80. The highest BCUT2D eigenvalue weighted by molar-refractivity contribution is 5.72. The highest BCUT2D eigenvalue weighted by Gasteiger charge is 2.18. The van der Waals surface area contributed by atoms with Crippen LogP contribution in [0.1, 0.15) is 19.8 Å². The molecule has 0 saturated carbocycles. The summed E-state index contributed by atoms with van der Waals surface area (Å²) < 4.78 is 14.3. The van der Waals surface area contributed by atoms with Crippen LogP contribution in [-0.2, 0) is 23.8 Å². The van der Waals surface area contributed by atoms with E-state index in [0.717, 1.165) is 0 Å². The first-order valence-corrected chi connectivity index (χ1v) is 4.58. The summed E-state index contributed by atoms with van der Waals surface area (Å²) >= 11 is 0. The third-order valence-electron chi connectivity index (χ3n) is 1.52. The van der Waals surface area contributed by atoms with Crippen molar-refractivity contribution in [2.75, 3.05) is 20.5 Å². The molecule has 0 aliphatic heterocycles. The predicted octanol–water partition coefficient (Wildman–Crippen LogP) is 0.403. The minimum Gasteiger partial charge on any atom is -0.481 e. The first-order chi connectivity index (χ1) is 7.10. The number of rotatable bonds is 8. The third-order valence-corrected chi connectivity index (χ3v) is 1.52. The number of aliphatic carboxylic acids is 1. The number of carboxylic acid groups (broad SMARTS) is 1. The van der Waals surface area contributed by atoms with E-state index in [-0.39, 0.29) is 26.2 Å². The smallest absolute Gasteiger partial charge is 0.308 e. The molecule has 0 heterocycles. The average Bonchev–Trinajstić information content (AvgIpc) is 2.13. The Morgan fingerprint density at radius 1 is 1.33 bits per heavy atom. The van der Waals surface area contributed by atoms with Crippen molar-refractivity contribution in [3.8, 4) is 0 Å². The Hall–Kier alpha value is -1.14. The van der Waals surface area contributed by atoms with Crippen molar-refractivity contribution in [2.45, 2.75) is 25.9 Å². The number of carbonyl (C=O) groups excluding carboxylic acids is 1. The summed E-state index contributed by atoms with van der Waals surface area (Å²) in [4.78, 5) is 21.5. The van der Waals surface area contributed by atoms with Gasteiger partial charge in [-0.1, -0.05) is 0 Å². The van der Waals surface area contributed by atoms with E-state index in [1.165, 1.54) is 7.11 Å². The quantitative estimate of drug-likeness (QED) is 0.471. The van der Waals surface area contributed by atoms with Gasteiger partial charge < -0.3 is 19.3 Å². The Morgan fingerprint density at radius 3 is 2.47 bits per heavy atom. The van der Waals surface area contributed by atoms with Crippen LogP contribution in [0, 0.1) is 0 Å². The molecule has 0 aromatic heterocycles. The van der Waals surface area contributed by atoms with E-state index in [9.17, 15) is 9.59 Å². The molecule has 0 rings (SSSR count). The highest BCUT2D eigenvalue weighted by Crippen LogP contribution is 2.05.